The number of carbonyl (C=O) groups is 1. The van der Waals surface area contributed by atoms with Crippen LogP contribution >= 0.6 is 0 Å². The van der Waals surface area contributed by atoms with E-state index in [1.165, 1.54) is 9.13 Å². The van der Waals surface area contributed by atoms with E-state index in [4.69, 9.17) is 4.74 Å². The summed E-state index contributed by atoms with van der Waals surface area (Å²) < 4.78 is 48.8. The Bertz CT molecular complexity index is 1750. The zero-order valence-corrected chi connectivity index (χ0v) is 20.8. The van der Waals surface area contributed by atoms with Crippen molar-refractivity contribution in [3.63, 3.8) is 0 Å². The molecule has 2 aromatic carbocycles. The van der Waals surface area contributed by atoms with Gasteiger partial charge in [-0.15, -0.1) is 0 Å². The highest BCUT2D eigenvalue weighted by Crippen LogP contribution is 2.29. The number of pyridine rings is 1. The van der Waals surface area contributed by atoms with Gasteiger partial charge in [-0.1, -0.05) is 24.3 Å². The molecule has 6 rings (SSSR count). The summed E-state index contributed by atoms with van der Waals surface area (Å²) in [5.74, 6) is -0.579. The van der Waals surface area contributed by atoms with Crippen LogP contribution in [0, 0.1) is 0 Å². The molecule has 0 N–H and O–H groups in total. The molecule has 1 atom stereocenters. The molecule has 9 nitrogen and oxygen atoms in total. The molecule has 1 fully saturated rings. The maximum Gasteiger partial charge on any atom is 0.416 e. The SMILES string of the molecule is Cn1ncc2c(-c3ccc(-n4c(=O)n(CC(=O)N5CCO[C@H](C(F)(F)F)C5)c5ccccc54)cc3)cncc21. The summed E-state index contributed by atoms with van der Waals surface area (Å²) in [5, 5.41) is 5.25. The van der Waals surface area contributed by atoms with Crippen LogP contribution in [0.4, 0.5) is 13.2 Å². The van der Waals surface area contributed by atoms with Gasteiger partial charge >= 0.3 is 11.9 Å². The van der Waals surface area contributed by atoms with Crippen LogP contribution in [-0.4, -0.2) is 66.7 Å². The summed E-state index contributed by atoms with van der Waals surface area (Å²) in [4.78, 5) is 32.0. The Morgan fingerprint density at radius 3 is 2.51 bits per heavy atom. The monoisotopic (exact) mass is 536 g/mol. The standard InChI is InChI=1S/C27H23F3N6O3/c1-33-23-14-31-12-19(20(23)13-32-33)17-6-8-18(9-7-17)36-22-5-3-2-4-21(22)35(26(36)38)16-25(37)34-10-11-39-24(15-34)27(28,29)30/h2-9,12-14,24H,10-11,15-16H2,1H3/t24-/m0/s1. The first kappa shape index (κ1) is 24.9. The Kier molecular flexibility index (Phi) is 5.98. The first-order valence-corrected chi connectivity index (χ1v) is 12.3. The third kappa shape index (κ3) is 4.36. The number of aromatic nitrogens is 5. The average Bonchev–Trinajstić information content (AvgIpc) is 3.45. The molecule has 0 saturated carbocycles. The second kappa shape index (κ2) is 9.38. The van der Waals surface area contributed by atoms with Crippen LogP contribution in [0.25, 0.3) is 38.8 Å². The third-order valence-electron chi connectivity index (χ3n) is 7.03. The number of nitrogens with zero attached hydrogens (tertiary/aromatic N) is 6. The van der Waals surface area contributed by atoms with Crippen LogP contribution in [0.15, 0.2) is 71.9 Å². The average molecular weight is 537 g/mol. The summed E-state index contributed by atoms with van der Waals surface area (Å²) in [6.07, 6.45) is -1.33. The van der Waals surface area contributed by atoms with E-state index in [9.17, 15) is 22.8 Å². The third-order valence-corrected chi connectivity index (χ3v) is 7.03. The van der Waals surface area contributed by atoms with Gasteiger partial charge in [0, 0.05) is 30.7 Å². The molecule has 0 bridgehead atoms. The van der Waals surface area contributed by atoms with E-state index in [1.54, 1.807) is 59.7 Å². The van der Waals surface area contributed by atoms with E-state index >= 15 is 0 Å². The number of aryl methyl sites for hydroxylation is 1. The van der Waals surface area contributed by atoms with Gasteiger partial charge in [0.25, 0.3) is 0 Å². The zero-order valence-electron chi connectivity index (χ0n) is 20.8. The molecule has 39 heavy (non-hydrogen) atoms. The largest absolute Gasteiger partial charge is 0.416 e. The molecule has 1 aliphatic rings. The summed E-state index contributed by atoms with van der Waals surface area (Å²) >= 11 is 0. The minimum absolute atomic E-state index is 0.0266. The second-order valence-corrected chi connectivity index (χ2v) is 9.37. The fraction of sp³-hybridized carbons (Fsp3) is 0.259. The van der Waals surface area contributed by atoms with Crippen molar-refractivity contribution in [2.75, 3.05) is 19.7 Å². The Labute approximate surface area is 219 Å². The van der Waals surface area contributed by atoms with E-state index in [0.717, 1.165) is 26.9 Å². The van der Waals surface area contributed by atoms with Crippen molar-refractivity contribution in [1.29, 1.82) is 0 Å². The molecule has 5 aromatic rings. The van der Waals surface area contributed by atoms with Crippen LogP contribution in [0.2, 0.25) is 0 Å². The van der Waals surface area contributed by atoms with Crippen molar-refractivity contribution < 1.29 is 22.7 Å². The molecule has 0 spiro atoms. The lowest BCUT2D eigenvalue weighted by Crippen LogP contribution is -2.52. The fourth-order valence-corrected chi connectivity index (χ4v) is 5.00. The molecule has 1 amide bonds. The van der Waals surface area contributed by atoms with E-state index < -0.39 is 30.4 Å². The summed E-state index contributed by atoms with van der Waals surface area (Å²) in [5.41, 5.74) is 3.88. The molecule has 1 aliphatic heterocycles. The molecule has 3 aromatic heterocycles. The topological polar surface area (TPSA) is 87.2 Å². The number of imidazole rings is 1. The second-order valence-electron chi connectivity index (χ2n) is 9.37. The van der Waals surface area contributed by atoms with E-state index in [1.807, 2.05) is 19.2 Å². The number of morpholine rings is 1. The maximum atomic E-state index is 13.6. The highest BCUT2D eigenvalue weighted by molar-refractivity contribution is 5.93. The van der Waals surface area contributed by atoms with Crippen LogP contribution in [-0.2, 0) is 23.1 Å². The van der Waals surface area contributed by atoms with Crippen LogP contribution in [0.3, 0.4) is 0 Å². The van der Waals surface area contributed by atoms with Gasteiger partial charge in [-0.05, 0) is 29.8 Å². The summed E-state index contributed by atoms with van der Waals surface area (Å²) in [6, 6.07) is 14.4. The van der Waals surface area contributed by atoms with Gasteiger partial charge < -0.3 is 9.64 Å². The van der Waals surface area contributed by atoms with Crippen molar-refractivity contribution >= 4 is 27.8 Å². The molecule has 1 saturated heterocycles. The van der Waals surface area contributed by atoms with Crippen molar-refractivity contribution in [2.24, 2.45) is 7.05 Å². The number of hydrogen-bond acceptors (Lipinski definition) is 5. The van der Waals surface area contributed by atoms with Gasteiger partial charge in [0.2, 0.25) is 5.91 Å². The highest BCUT2D eigenvalue weighted by Gasteiger charge is 2.44. The van der Waals surface area contributed by atoms with Crippen LogP contribution in [0.5, 0.6) is 0 Å². The number of fused-ring (bicyclic) bond motifs is 2. The van der Waals surface area contributed by atoms with Gasteiger partial charge in [0.1, 0.15) is 6.54 Å². The summed E-state index contributed by atoms with van der Waals surface area (Å²) in [7, 11) is 1.84. The van der Waals surface area contributed by atoms with Crippen molar-refractivity contribution in [2.45, 2.75) is 18.8 Å². The number of hydrogen-bond donors (Lipinski definition) is 0. The maximum absolute atomic E-state index is 13.6. The number of halogens is 3. The minimum atomic E-state index is -4.57. The number of ether oxygens (including phenoxy) is 1. The van der Waals surface area contributed by atoms with Gasteiger partial charge in [-0.25, -0.2) is 4.79 Å². The number of rotatable bonds is 4. The number of para-hydroxylation sites is 2. The lowest BCUT2D eigenvalue weighted by atomic mass is 10.0. The zero-order chi connectivity index (χ0) is 27.3. The van der Waals surface area contributed by atoms with E-state index in [2.05, 4.69) is 10.1 Å². The lowest BCUT2D eigenvalue weighted by Gasteiger charge is -2.33. The van der Waals surface area contributed by atoms with E-state index in [0.29, 0.717) is 16.7 Å². The van der Waals surface area contributed by atoms with Gasteiger partial charge in [-0.3, -0.25) is 23.6 Å². The first-order chi connectivity index (χ1) is 18.7. The first-order valence-electron chi connectivity index (χ1n) is 12.3. The highest BCUT2D eigenvalue weighted by atomic mass is 19.4. The lowest BCUT2D eigenvalue weighted by molar-refractivity contribution is -0.236. The van der Waals surface area contributed by atoms with E-state index in [-0.39, 0.29) is 19.7 Å². The molecule has 200 valence electrons. The quantitative estimate of drug-likeness (QED) is 0.351. The Hall–Kier alpha value is -4.45. The smallest absolute Gasteiger partial charge is 0.365 e. The molecule has 4 heterocycles. The van der Waals surface area contributed by atoms with Gasteiger partial charge in [0.15, 0.2) is 6.10 Å². The van der Waals surface area contributed by atoms with Gasteiger partial charge in [0.05, 0.1) is 47.8 Å². The molecule has 0 unspecified atom stereocenters. The van der Waals surface area contributed by atoms with Crippen molar-refractivity contribution in [3.05, 3.63) is 77.6 Å². The van der Waals surface area contributed by atoms with Gasteiger partial charge in [-0.2, -0.15) is 18.3 Å². The Balaban J connectivity index is 1.34. The molecule has 0 radical (unpaired) electrons. The normalized spacial score (nSPS) is 16.3. The molecule has 12 heteroatoms. The fourth-order valence-electron chi connectivity index (χ4n) is 5.00. The number of carbonyl (C=O) groups excluding carboxylic acids is 1. The van der Waals surface area contributed by atoms with Crippen molar-refractivity contribution in [1.82, 2.24) is 28.8 Å². The Morgan fingerprint density at radius 2 is 1.77 bits per heavy atom. The number of amides is 1. The van der Waals surface area contributed by atoms with Crippen LogP contribution in [0.1, 0.15) is 0 Å². The van der Waals surface area contributed by atoms with Crippen molar-refractivity contribution in [3.8, 4) is 16.8 Å². The predicted molar refractivity (Wildman–Crippen MR) is 137 cm³/mol. The molecule has 0 aliphatic carbocycles. The number of alkyl halides is 3. The summed E-state index contributed by atoms with van der Waals surface area (Å²) in [6.45, 7) is -1.18. The molecular weight excluding hydrogens is 513 g/mol. The molecular formula is C27H23F3N6O3. The predicted octanol–water partition coefficient (Wildman–Crippen LogP) is 3.53. The minimum Gasteiger partial charge on any atom is -0.365 e. The number of benzene rings is 2. The Morgan fingerprint density at radius 1 is 1.03 bits per heavy atom. The van der Waals surface area contributed by atoms with Crippen LogP contribution < -0.4 is 5.69 Å².